The van der Waals surface area contributed by atoms with Gasteiger partial charge in [-0.1, -0.05) is 30.3 Å². The topological polar surface area (TPSA) is 77.2 Å². The van der Waals surface area contributed by atoms with Gasteiger partial charge in [-0.2, -0.15) is 0 Å². The second-order valence-corrected chi connectivity index (χ2v) is 11.2. The van der Waals surface area contributed by atoms with Crippen LogP contribution in [0.4, 0.5) is 5.69 Å². The van der Waals surface area contributed by atoms with Crippen LogP contribution < -0.4 is 20.3 Å². The minimum Gasteiger partial charge on any atom is -0.493 e. The number of hydrogen-bond acceptors (Lipinski definition) is 6. The molecule has 2 aromatic rings. The quantitative estimate of drug-likeness (QED) is 0.616. The third-order valence-electron chi connectivity index (χ3n) is 8.46. The van der Waals surface area contributed by atoms with E-state index in [0.717, 1.165) is 75.4 Å². The molecule has 0 saturated carbocycles. The van der Waals surface area contributed by atoms with Gasteiger partial charge in [-0.25, -0.2) is 0 Å². The van der Waals surface area contributed by atoms with E-state index in [2.05, 4.69) is 45.9 Å². The van der Waals surface area contributed by atoms with Crippen molar-refractivity contribution in [2.24, 2.45) is 11.8 Å². The van der Waals surface area contributed by atoms with Gasteiger partial charge in [-0.15, -0.1) is 0 Å². The number of rotatable bonds is 5. The molecule has 2 fully saturated rings. The van der Waals surface area contributed by atoms with Crippen molar-refractivity contribution in [2.75, 3.05) is 64.4 Å². The Morgan fingerprint density at radius 1 is 1.00 bits per heavy atom. The minimum atomic E-state index is 0.144. The maximum absolute atomic E-state index is 13.1. The van der Waals surface area contributed by atoms with E-state index in [0.29, 0.717) is 38.6 Å². The van der Waals surface area contributed by atoms with Crippen LogP contribution in [0.15, 0.2) is 48.5 Å². The molecule has 3 aliphatic rings. The van der Waals surface area contributed by atoms with Crippen LogP contribution in [0.25, 0.3) is 0 Å². The van der Waals surface area contributed by atoms with E-state index >= 15 is 0 Å². The predicted molar refractivity (Wildman–Crippen MR) is 154 cm³/mol. The Kier molecular flexibility index (Phi) is 9.37. The number of carbonyl (C=O) groups is 2. The number of nitrogens with one attached hydrogen (secondary N) is 2. The Morgan fingerprint density at radius 3 is 2.64 bits per heavy atom. The molecule has 2 amide bonds. The summed E-state index contributed by atoms with van der Waals surface area (Å²) in [6.45, 7) is 7.59. The zero-order valence-electron chi connectivity index (χ0n) is 23.2. The standard InChI is InChI=1S/C31H43N5O3/c1-34(22-24-6-3-2-4-7-24)30(37)19-25-11-14-36-23-26(25)8-5-17-39-29-10-9-28(35-15-12-32-13-16-35)18-27(29)20-33-21-31(36)38/h2-4,6-7,9-10,18,25-26,32-33H,5,8,11-17,19-23H2,1H3/t25-,26-/m0/s1. The summed E-state index contributed by atoms with van der Waals surface area (Å²) in [5.74, 6) is 1.80. The number of ether oxygens (including phenoxy) is 1. The number of piperazine rings is 1. The van der Waals surface area contributed by atoms with Crippen molar-refractivity contribution in [3.05, 3.63) is 59.7 Å². The molecule has 3 heterocycles. The summed E-state index contributed by atoms with van der Waals surface area (Å²) in [7, 11) is 1.89. The van der Waals surface area contributed by atoms with Gasteiger partial charge in [0.05, 0.1) is 13.2 Å². The Hall–Kier alpha value is -3.10. The molecule has 0 aliphatic carbocycles. The molecule has 39 heavy (non-hydrogen) atoms. The fraction of sp³-hybridized carbons (Fsp3) is 0.548. The molecular formula is C31H43N5O3. The van der Waals surface area contributed by atoms with Gasteiger partial charge in [0.2, 0.25) is 11.8 Å². The lowest BCUT2D eigenvalue weighted by Gasteiger charge is -2.39. The molecule has 2 N–H and O–H groups in total. The van der Waals surface area contributed by atoms with Gasteiger partial charge in [-0.3, -0.25) is 9.59 Å². The number of amides is 2. The second-order valence-electron chi connectivity index (χ2n) is 11.2. The van der Waals surface area contributed by atoms with Crippen LogP contribution in [0, 0.1) is 11.8 Å². The highest BCUT2D eigenvalue weighted by Gasteiger charge is 2.33. The zero-order chi connectivity index (χ0) is 27.0. The lowest BCUT2D eigenvalue weighted by Crippen LogP contribution is -2.47. The fourth-order valence-electron chi connectivity index (χ4n) is 6.14. The molecule has 8 heteroatoms. The van der Waals surface area contributed by atoms with Crippen LogP contribution in [0.3, 0.4) is 0 Å². The van der Waals surface area contributed by atoms with Gasteiger partial charge in [0.25, 0.3) is 0 Å². The monoisotopic (exact) mass is 533 g/mol. The van der Waals surface area contributed by atoms with E-state index in [4.69, 9.17) is 4.74 Å². The van der Waals surface area contributed by atoms with Crippen molar-refractivity contribution >= 4 is 17.5 Å². The average Bonchev–Trinajstić information content (AvgIpc) is 2.97. The first kappa shape index (κ1) is 27.5. The molecule has 2 atom stereocenters. The summed E-state index contributed by atoms with van der Waals surface area (Å²) in [6.07, 6.45) is 3.26. The number of nitrogens with zero attached hydrogens (tertiary/aromatic N) is 3. The molecule has 210 valence electrons. The lowest BCUT2D eigenvalue weighted by molar-refractivity contribution is -0.135. The summed E-state index contributed by atoms with van der Waals surface area (Å²) in [4.78, 5) is 32.5. The molecule has 0 unspecified atom stereocenters. The minimum absolute atomic E-state index is 0.144. The van der Waals surface area contributed by atoms with Crippen LogP contribution in [0.1, 0.15) is 36.8 Å². The summed E-state index contributed by atoms with van der Waals surface area (Å²) in [5, 5.41) is 6.79. The molecule has 2 bridgehead atoms. The second kappa shape index (κ2) is 13.3. The van der Waals surface area contributed by atoms with E-state index in [-0.39, 0.29) is 17.7 Å². The molecule has 5 rings (SSSR count). The molecule has 8 nitrogen and oxygen atoms in total. The first-order valence-corrected chi connectivity index (χ1v) is 14.5. The number of carbonyl (C=O) groups excluding carboxylic acids is 2. The summed E-state index contributed by atoms with van der Waals surface area (Å²) >= 11 is 0. The van der Waals surface area contributed by atoms with Crippen LogP contribution in [-0.2, 0) is 22.7 Å². The average molecular weight is 534 g/mol. The van der Waals surface area contributed by atoms with Gasteiger partial charge in [0.1, 0.15) is 5.75 Å². The smallest absolute Gasteiger partial charge is 0.236 e. The van der Waals surface area contributed by atoms with Crippen molar-refractivity contribution < 1.29 is 14.3 Å². The Morgan fingerprint density at radius 2 is 1.82 bits per heavy atom. The zero-order valence-corrected chi connectivity index (χ0v) is 23.2. The van der Waals surface area contributed by atoms with E-state index < -0.39 is 0 Å². The van der Waals surface area contributed by atoms with Crippen LogP contribution in [0.5, 0.6) is 5.75 Å². The number of benzene rings is 2. The maximum Gasteiger partial charge on any atom is 0.236 e. The molecule has 0 radical (unpaired) electrons. The van der Waals surface area contributed by atoms with E-state index in [1.165, 1.54) is 5.69 Å². The molecule has 3 aliphatic heterocycles. The van der Waals surface area contributed by atoms with Crippen molar-refractivity contribution in [3.63, 3.8) is 0 Å². The third-order valence-corrected chi connectivity index (χ3v) is 8.46. The van der Waals surface area contributed by atoms with Crippen LogP contribution >= 0.6 is 0 Å². The van der Waals surface area contributed by atoms with Gasteiger partial charge in [0, 0.05) is 77.1 Å². The van der Waals surface area contributed by atoms with Gasteiger partial charge < -0.3 is 30.1 Å². The predicted octanol–water partition coefficient (Wildman–Crippen LogP) is 2.87. The van der Waals surface area contributed by atoms with Crippen molar-refractivity contribution in [1.29, 1.82) is 0 Å². The number of anilines is 1. The maximum atomic E-state index is 13.1. The first-order chi connectivity index (χ1) is 19.1. The van der Waals surface area contributed by atoms with Gasteiger partial charge in [-0.05, 0) is 54.9 Å². The van der Waals surface area contributed by atoms with Gasteiger partial charge in [0.15, 0.2) is 0 Å². The normalized spacial score (nSPS) is 22.5. The molecule has 2 aromatic carbocycles. The summed E-state index contributed by atoms with van der Waals surface area (Å²) in [5.41, 5.74) is 3.45. The van der Waals surface area contributed by atoms with Crippen molar-refractivity contribution in [2.45, 2.75) is 38.8 Å². The van der Waals surface area contributed by atoms with E-state index in [1.54, 1.807) is 0 Å². The number of hydrogen-bond donors (Lipinski definition) is 2. The Balaban J connectivity index is 1.22. The van der Waals surface area contributed by atoms with Crippen molar-refractivity contribution in [1.82, 2.24) is 20.4 Å². The van der Waals surface area contributed by atoms with E-state index in [1.807, 2.05) is 35.0 Å². The molecule has 0 spiro atoms. The highest BCUT2D eigenvalue weighted by molar-refractivity contribution is 5.79. The Labute approximate surface area is 232 Å². The Bertz CT molecular complexity index is 1100. The summed E-state index contributed by atoms with van der Waals surface area (Å²) in [6, 6.07) is 16.6. The largest absolute Gasteiger partial charge is 0.493 e. The fourth-order valence-corrected chi connectivity index (χ4v) is 6.14. The van der Waals surface area contributed by atoms with E-state index in [9.17, 15) is 9.59 Å². The highest BCUT2D eigenvalue weighted by Crippen LogP contribution is 2.32. The summed E-state index contributed by atoms with van der Waals surface area (Å²) < 4.78 is 6.28. The molecular weight excluding hydrogens is 490 g/mol. The lowest BCUT2D eigenvalue weighted by atomic mass is 9.80. The van der Waals surface area contributed by atoms with Gasteiger partial charge >= 0.3 is 0 Å². The number of piperidine rings is 1. The number of fused-ring (bicyclic) bond motifs is 3. The molecule has 0 aromatic heterocycles. The van der Waals surface area contributed by atoms with Crippen LogP contribution in [0.2, 0.25) is 0 Å². The molecule has 2 saturated heterocycles. The SMILES string of the molecule is CN(Cc1ccccc1)C(=O)C[C@@H]1CCN2C[C@@H]1CCCOc1ccc(N3CCNCC3)cc1CNCC2=O. The first-order valence-electron chi connectivity index (χ1n) is 14.5. The van der Waals surface area contributed by atoms with Crippen molar-refractivity contribution in [3.8, 4) is 5.75 Å². The highest BCUT2D eigenvalue weighted by atomic mass is 16.5. The van der Waals surface area contributed by atoms with Crippen LogP contribution in [-0.4, -0.2) is 81.1 Å². The third kappa shape index (κ3) is 7.31.